The van der Waals surface area contributed by atoms with Crippen molar-refractivity contribution in [3.8, 4) is 22.6 Å². The monoisotopic (exact) mass is 434 g/mol. The Hall–Kier alpha value is -4.39. The van der Waals surface area contributed by atoms with Crippen LogP contribution in [-0.4, -0.2) is 30.6 Å². The van der Waals surface area contributed by atoms with Gasteiger partial charge in [0.2, 0.25) is 0 Å². The first-order valence-electron chi connectivity index (χ1n) is 10.6. The minimum absolute atomic E-state index is 0.213. The third-order valence-corrected chi connectivity index (χ3v) is 5.48. The average molecular weight is 435 g/mol. The molecule has 0 aliphatic carbocycles. The Morgan fingerprint density at radius 3 is 2.39 bits per heavy atom. The summed E-state index contributed by atoms with van der Waals surface area (Å²) < 4.78 is 1.71. The van der Waals surface area contributed by atoms with Gasteiger partial charge in [-0.2, -0.15) is 5.10 Å². The zero-order chi connectivity index (χ0) is 22.9. The number of pyridine rings is 1. The summed E-state index contributed by atoms with van der Waals surface area (Å²) in [6.45, 7) is 3.82. The lowest BCUT2D eigenvalue weighted by Crippen LogP contribution is -2.13. The summed E-state index contributed by atoms with van der Waals surface area (Å²) in [5.41, 5.74) is 6.11. The number of fused-ring (bicyclic) bond motifs is 1. The van der Waals surface area contributed by atoms with Crippen molar-refractivity contribution in [2.24, 2.45) is 7.05 Å². The fraction of sp³-hybridized carbons (Fsp3) is 0.115. The van der Waals surface area contributed by atoms with Gasteiger partial charge in [-0.15, -0.1) is 0 Å². The van der Waals surface area contributed by atoms with E-state index in [0.29, 0.717) is 22.7 Å². The number of hydrogen-bond donors (Lipinski definition) is 1. The lowest BCUT2D eigenvalue weighted by atomic mass is 10.0. The topological polar surface area (TPSA) is 85.6 Å². The van der Waals surface area contributed by atoms with Crippen molar-refractivity contribution < 1.29 is 4.79 Å². The van der Waals surface area contributed by atoms with E-state index in [4.69, 9.17) is 4.98 Å². The number of benzene rings is 2. The highest BCUT2D eigenvalue weighted by atomic mass is 16.1. The van der Waals surface area contributed by atoms with Crippen molar-refractivity contribution in [3.63, 3.8) is 0 Å². The van der Waals surface area contributed by atoms with Gasteiger partial charge in [-0.25, -0.2) is 15.0 Å². The Kier molecular flexibility index (Phi) is 5.14. The van der Waals surface area contributed by atoms with Gasteiger partial charge < -0.3 is 5.32 Å². The summed E-state index contributed by atoms with van der Waals surface area (Å²) in [5.74, 6) is 0.442. The minimum atomic E-state index is -0.213. The first-order valence-corrected chi connectivity index (χ1v) is 10.6. The maximum atomic E-state index is 13.4. The van der Waals surface area contributed by atoms with Crippen LogP contribution >= 0.6 is 0 Å². The molecular formula is C26H22N6O. The number of hydrogen-bond acceptors (Lipinski definition) is 5. The van der Waals surface area contributed by atoms with Gasteiger partial charge in [0.15, 0.2) is 11.5 Å². The molecule has 0 atom stereocenters. The number of carbonyl (C=O) groups is 1. The molecular weight excluding hydrogens is 412 g/mol. The SMILES string of the molecule is Cc1ccnc(-c2ccc(NC(=O)c3cc(-c4ccccc4)nc4c3c(C)nn4C)cc2)n1. The lowest BCUT2D eigenvalue weighted by molar-refractivity contribution is 0.102. The molecule has 0 aliphatic rings. The molecule has 0 radical (unpaired) electrons. The first-order chi connectivity index (χ1) is 16.0. The van der Waals surface area contributed by atoms with Crippen LogP contribution in [0.15, 0.2) is 72.9 Å². The molecule has 3 heterocycles. The van der Waals surface area contributed by atoms with E-state index >= 15 is 0 Å². The molecule has 1 amide bonds. The molecule has 0 fully saturated rings. The number of carbonyl (C=O) groups excluding carboxylic acids is 1. The van der Waals surface area contributed by atoms with E-state index in [0.717, 1.165) is 33.6 Å². The molecule has 0 aliphatic heterocycles. The zero-order valence-corrected chi connectivity index (χ0v) is 18.6. The largest absolute Gasteiger partial charge is 0.322 e. The highest BCUT2D eigenvalue weighted by molar-refractivity contribution is 6.13. The molecule has 7 heteroatoms. The fourth-order valence-electron chi connectivity index (χ4n) is 3.87. The second-order valence-electron chi connectivity index (χ2n) is 7.88. The third-order valence-electron chi connectivity index (χ3n) is 5.48. The normalized spacial score (nSPS) is 11.0. The van der Waals surface area contributed by atoms with E-state index in [1.165, 1.54) is 0 Å². The molecule has 5 rings (SSSR count). The average Bonchev–Trinajstić information content (AvgIpc) is 3.13. The van der Waals surface area contributed by atoms with Crippen LogP contribution < -0.4 is 5.32 Å². The second kappa shape index (κ2) is 8.27. The van der Waals surface area contributed by atoms with Crippen LogP contribution in [0.3, 0.4) is 0 Å². The summed E-state index contributed by atoms with van der Waals surface area (Å²) in [5, 5.41) is 8.25. The number of nitrogens with one attached hydrogen (secondary N) is 1. The maximum Gasteiger partial charge on any atom is 0.256 e. The highest BCUT2D eigenvalue weighted by Crippen LogP contribution is 2.28. The molecule has 0 unspecified atom stereocenters. The Bertz CT molecular complexity index is 1470. The maximum absolute atomic E-state index is 13.4. The van der Waals surface area contributed by atoms with Gasteiger partial charge in [-0.1, -0.05) is 30.3 Å². The number of nitrogens with zero attached hydrogens (tertiary/aromatic N) is 5. The van der Waals surface area contributed by atoms with Gasteiger partial charge in [0.25, 0.3) is 5.91 Å². The molecule has 0 saturated heterocycles. The molecule has 5 aromatic rings. The number of rotatable bonds is 4. The Balaban J connectivity index is 1.50. The molecule has 7 nitrogen and oxygen atoms in total. The van der Waals surface area contributed by atoms with Crippen molar-refractivity contribution in [2.75, 3.05) is 5.32 Å². The van der Waals surface area contributed by atoms with Gasteiger partial charge >= 0.3 is 0 Å². The predicted molar refractivity (Wildman–Crippen MR) is 129 cm³/mol. The van der Waals surface area contributed by atoms with Crippen molar-refractivity contribution in [2.45, 2.75) is 13.8 Å². The molecule has 33 heavy (non-hydrogen) atoms. The number of aryl methyl sites for hydroxylation is 3. The van der Waals surface area contributed by atoms with Crippen LogP contribution in [0.4, 0.5) is 5.69 Å². The predicted octanol–water partition coefficient (Wildman–Crippen LogP) is 4.96. The van der Waals surface area contributed by atoms with E-state index in [1.54, 1.807) is 10.9 Å². The highest BCUT2D eigenvalue weighted by Gasteiger charge is 2.19. The van der Waals surface area contributed by atoms with E-state index in [1.807, 2.05) is 87.6 Å². The van der Waals surface area contributed by atoms with Crippen molar-refractivity contribution in [1.29, 1.82) is 0 Å². The lowest BCUT2D eigenvalue weighted by Gasteiger charge is -2.10. The third kappa shape index (κ3) is 3.96. The van der Waals surface area contributed by atoms with Gasteiger partial charge in [0, 0.05) is 35.8 Å². The summed E-state index contributed by atoms with van der Waals surface area (Å²) in [4.78, 5) is 26.9. The Morgan fingerprint density at radius 1 is 0.909 bits per heavy atom. The van der Waals surface area contributed by atoms with Crippen LogP contribution in [0.2, 0.25) is 0 Å². The van der Waals surface area contributed by atoms with Crippen molar-refractivity contribution >= 4 is 22.6 Å². The molecule has 162 valence electrons. The molecule has 2 aromatic carbocycles. The summed E-state index contributed by atoms with van der Waals surface area (Å²) in [7, 11) is 1.84. The van der Waals surface area contributed by atoms with Crippen LogP contribution in [-0.2, 0) is 7.05 Å². The van der Waals surface area contributed by atoms with E-state index in [2.05, 4.69) is 20.4 Å². The van der Waals surface area contributed by atoms with Crippen LogP contribution in [0.25, 0.3) is 33.7 Å². The fourth-order valence-corrected chi connectivity index (χ4v) is 3.87. The van der Waals surface area contributed by atoms with Crippen molar-refractivity contribution in [3.05, 3.63) is 89.9 Å². The molecule has 0 bridgehead atoms. The van der Waals surface area contributed by atoms with Crippen LogP contribution in [0, 0.1) is 13.8 Å². The molecule has 0 spiro atoms. The second-order valence-corrected chi connectivity index (χ2v) is 7.88. The summed E-state index contributed by atoms with van der Waals surface area (Å²) >= 11 is 0. The van der Waals surface area contributed by atoms with E-state index in [9.17, 15) is 4.79 Å². The van der Waals surface area contributed by atoms with Crippen LogP contribution in [0.1, 0.15) is 21.7 Å². The van der Waals surface area contributed by atoms with Crippen molar-refractivity contribution in [1.82, 2.24) is 24.7 Å². The Morgan fingerprint density at radius 2 is 1.67 bits per heavy atom. The zero-order valence-electron chi connectivity index (χ0n) is 18.6. The number of amides is 1. The van der Waals surface area contributed by atoms with Gasteiger partial charge in [0.1, 0.15) is 0 Å². The number of aromatic nitrogens is 5. The van der Waals surface area contributed by atoms with Crippen LogP contribution in [0.5, 0.6) is 0 Å². The summed E-state index contributed by atoms with van der Waals surface area (Å²) in [6.07, 6.45) is 1.74. The quantitative estimate of drug-likeness (QED) is 0.432. The molecule has 1 N–H and O–H groups in total. The first kappa shape index (κ1) is 20.5. The van der Waals surface area contributed by atoms with Gasteiger partial charge in [0.05, 0.1) is 22.3 Å². The Labute approximate surface area is 191 Å². The minimum Gasteiger partial charge on any atom is -0.322 e. The standard InChI is InChI=1S/C26H22N6O/c1-16-13-14-27-24(28-16)19-9-11-20(12-10-19)29-26(33)21-15-22(18-7-5-4-6-8-18)30-25-23(21)17(2)31-32(25)3/h4-15H,1-3H3,(H,29,33). The number of anilines is 1. The van der Waals surface area contributed by atoms with E-state index < -0.39 is 0 Å². The van der Waals surface area contributed by atoms with Gasteiger partial charge in [-0.3, -0.25) is 9.48 Å². The van der Waals surface area contributed by atoms with Gasteiger partial charge in [-0.05, 0) is 50.2 Å². The van der Waals surface area contributed by atoms with E-state index in [-0.39, 0.29) is 5.91 Å². The molecule has 0 saturated carbocycles. The smallest absolute Gasteiger partial charge is 0.256 e. The molecule has 3 aromatic heterocycles. The summed E-state index contributed by atoms with van der Waals surface area (Å²) in [6, 6.07) is 21.0.